The fourth-order valence-electron chi connectivity index (χ4n) is 2.35. The molecule has 3 rings (SSSR count). The van der Waals surface area contributed by atoms with Crippen molar-refractivity contribution in [1.82, 2.24) is 9.69 Å². The molecule has 0 aliphatic heterocycles. The summed E-state index contributed by atoms with van der Waals surface area (Å²) in [5.74, 6) is -0.196. The van der Waals surface area contributed by atoms with Crippen LogP contribution >= 0.6 is 11.5 Å². The van der Waals surface area contributed by atoms with Gasteiger partial charge < -0.3 is 11.1 Å². The van der Waals surface area contributed by atoms with Gasteiger partial charge in [-0.05, 0) is 24.0 Å². The predicted octanol–water partition coefficient (Wildman–Crippen LogP) is 3.88. The van der Waals surface area contributed by atoms with Crippen LogP contribution in [0.25, 0.3) is 11.3 Å². The molecular formula is C18H17N3OS. The summed E-state index contributed by atoms with van der Waals surface area (Å²) in [7, 11) is 0. The number of carbonyl (C=O) groups is 1. The lowest BCUT2D eigenvalue weighted by molar-refractivity contribution is 0.0945. The van der Waals surface area contributed by atoms with Crippen LogP contribution in [0.4, 0.5) is 5.69 Å². The smallest absolute Gasteiger partial charge is 0.265 e. The van der Waals surface area contributed by atoms with Crippen LogP contribution in [0.15, 0.2) is 60.7 Å². The molecule has 1 atom stereocenters. The average molecular weight is 323 g/mol. The summed E-state index contributed by atoms with van der Waals surface area (Å²) in [5, 5.41) is 2.97. The SMILES string of the molecule is C[C@@H](NC(=O)c1snc(-c2ccccc2)c1N)c1ccccc1. The van der Waals surface area contributed by atoms with Gasteiger partial charge in [-0.25, -0.2) is 0 Å². The van der Waals surface area contributed by atoms with Crippen molar-refractivity contribution in [3.63, 3.8) is 0 Å². The van der Waals surface area contributed by atoms with Gasteiger partial charge in [-0.1, -0.05) is 60.7 Å². The van der Waals surface area contributed by atoms with E-state index in [9.17, 15) is 4.79 Å². The highest BCUT2D eigenvalue weighted by molar-refractivity contribution is 7.09. The predicted molar refractivity (Wildman–Crippen MR) is 94.3 cm³/mol. The van der Waals surface area contributed by atoms with E-state index in [-0.39, 0.29) is 11.9 Å². The van der Waals surface area contributed by atoms with Gasteiger partial charge in [0.1, 0.15) is 10.6 Å². The minimum Gasteiger partial charge on any atom is -0.396 e. The van der Waals surface area contributed by atoms with Crippen molar-refractivity contribution in [1.29, 1.82) is 0 Å². The summed E-state index contributed by atoms with van der Waals surface area (Å²) in [6.45, 7) is 1.95. The number of anilines is 1. The standard InChI is InChI=1S/C18H17N3OS/c1-12(13-8-4-2-5-9-13)20-18(22)17-15(19)16(21-23-17)14-10-6-3-7-11-14/h2-12H,19H2,1H3,(H,20,22)/t12-/m1/s1. The number of aromatic nitrogens is 1. The third kappa shape index (κ3) is 3.24. The molecule has 0 fully saturated rings. The Morgan fingerprint density at radius 2 is 1.70 bits per heavy atom. The van der Waals surface area contributed by atoms with Crippen molar-refractivity contribution in [2.45, 2.75) is 13.0 Å². The number of carbonyl (C=O) groups excluding carboxylic acids is 1. The van der Waals surface area contributed by atoms with Gasteiger partial charge >= 0.3 is 0 Å². The molecule has 23 heavy (non-hydrogen) atoms. The number of hydrogen-bond acceptors (Lipinski definition) is 4. The van der Waals surface area contributed by atoms with Gasteiger partial charge in [0.15, 0.2) is 0 Å². The highest BCUT2D eigenvalue weighted by atomic mass is 32.1. The van der Waals surface area contributed by atoms with E-state index < -0.39 is 0 Å². The molecule has 5 heteroatoms. The molecule has 0 bridgehead atoms. The maximum Gasteiger partial charge on any atom is 0.265 e. The molecule has 0 aliphatic carbocycles. The average Bonchev–Trinajstić information content (AvgIpc) is 2.98. The van der Waals surface area contributed by atoms with E-state index in [0.29, 0.717) is 16.3 Å². The molecular weight excluding hydrogens is 306 g/mol. The lowest BCUT2D eigenvalue weighted by atomic mass is 10.1. The van der Waals surface area contributed by atoms with E-state index in [1.54, 1.807) is 0 Å². The topological polar surface area (TPSA) is 68.0 Å². The van der Waals surface area contributed by atoms with Crippen LogP contribution in [0.5, 0.6) is 0 Å². The number of nitrogens with one attached hydrogen (secondary N) is 1. The first-order valence-corrected chi connectivity index (χ1v) is 8.10. The van der Waals surface area contributed by atoms with E-state index in [0.717, 1.165) is 22.7 Å². The Kier molecular flexibility index (Phi) is 4.39. The van der Waals surface area contributed by atoms with E-state index in [1.807, 2.05) is 67.6 Å². The number of nitrogens with zero attached hydrogens (tertiary/aromatic N) is 1. The van der Waals surface area contributed by atoms with Crippen molar-refractivity contribution in [2.24, 2.45) is 0 Å². The zero-order valence-corrected chi connectivity index (χ0v) is 13.5. The molecule has 4 nitrogen and oxygen atoms in total. The van der Waals surface area contributed by atoms with Gasteiger partial charge in [0.25, 0.3) is 5.91 Å². The molecule has 1 heterocycles. The molecule has 0 radical (unpaired) electrons. The number of rotatable bonds is 4. The summed E-state index contributed by atoms with van der Waals surface area (Å²) in [6, 6.07) is 19.4. The van der Waals surface area contributed by atoms with Gasteiger partial charge in [0, 0.05) is 5.56 Å². The molecule has 1 amide bonds. The molecule has 0 saturated carbocycles. The largest absolute Gasteiger partial charge is 0.396 e. The van der Waals surface area contributed by atoms with E-state index in [2.05, 4.69) is 9.69 Å². The Labute approximate surface area is 139 Å². The van der Waals surface area contributed by atoms with Crippen molar-refractivity contribution >= 4 is 23.1 Å². The van der Waals surface area contributed by atoms with Crippen LogP contribution in [0.1, 0.15) is 28.2 Å². The second-order valence-corrected chi connectivity index (χ2v) is 6.02. The molecule has 1 aromatic heterocycles. The number of nitrogen functional groups attached to an aromatic ring is 1. The highest BCUT2D eigenvalue weighted by Gasteiger charge is 2.20. The Morgan fingerprint density at radius 1 is 1.09 bits per heavy atom. The second-order valence-electron chi connectivity index (χ2n) is 5.25. The zero-order chi connectivity index (χ0) is 16.2. The molecule has 3 aromatic rings. The molecule has 116 valence electrons. The molecule has 0 saturated heterocycles. The minimum atomic E-state index is -0.196. The molecule has 2 aromatic carbocycles. The number of amides is 1. The molecule has 0 unspecified atom stereocenters. The third-order valence-corrected chi connectivity index (χ3v) is 4.49. The summed E-state index contributed by atoms with van der Waals surface area (Å²) < 4.78 is 4.34. The third-order valence-electron chi connectivity index (χ3n) is 3.63. The van der Waals surface area contributed by atoms with Gasteiger partial charge in [0.05, 0.1) is 11.7 Å². The highest BCUT2D eigenvalue weighted by Crippen LogP contribution is 2.30. The normalized spacial score (nSPS) is 11.9. The fraction of sp³-hybridized carbons (Fsp3) is 0.111. The van der Waals surface area contributed by atoms with Crippen LogP contribution in [-0.2, 0) is 0 Å². The summed E-state index contributed by atoms with van der Waals surface area (Å²) in [5.41, 5.74) is 9.19. The zero-order valence-electron chi connectivity index (χ0n) is 12.7. The summed E-state index contributed by atoms with van der Waals surface area (Å²) in [6.07, 6.45) is 0. The van der Waals surface area contributed by atoms with E-state index in [4.69, 9.17) is 5.73 Å². The van der Waals surface area contributed by atoms with Gasteiger partial charge in [-0.15, -0.1) is 0 Å². The van der Waals surface area contributed by atoms with E-state index >= 15 is 0 Å². The van der Waals surface area contributed by atoms with Crippen LogP contribution in [0.2, 0.25) is 0 Å². The Hall–Kier alpha value is -2.66. The van der Waals surface area contributed by atoms with Crippen LogP contribution in [-0.4, -0.2) is 10.3 Å². The van der Waals surface area contributed by atoms with Gasteiger partial charge in [0.2, 0.25) is 0 Å². The van der Waals surface area contributed by atoms with Gasteiger partial charge in [-0.2, -0.15) is 4.37 Å². The summed E-state index contributed by atoms with van der Waals surface area (Å²) >= 11 is 1.13. The first-order chi connectivity index (χ1) is 11.2. The van der Waals surface area contributed by atoms with Crippen molar-refractivity contribution in [2.75, 3.05) is 5.73 Å². The Bertz CT molecular complexity index is 800. The first-order valence-electron chi connectivity index (χ1n) is 7.33. The molecule has 0 aliphatic rings. The Morgan fingerprint density at radius 3 is 2.35 bits per heavy atom. The minimum absolute atomic E-state index is 0.0922. The number of benzene rings is 2. The monoisotopic (exact) mass is 323 g/mol. The number of hydrogen-bond donors (Lipinski definition) is 2. The number of nitrogens with two attached hydrogens (primary N) is 1. The van der Waals surface area contributed by atoms with Crippen molar-refractivity contribution in [3.05, 3.63) is 71.1 Å². The quantitative estimate of drug-likeness (QED) is 0.765. The van der Waals surface area contributed by atoms with Crippen molar-refractivity contribution in [3.8, 4) is 11.3 Å². The van der Waals surface area contributed by atoms with Crippen LogP contribution in [0.3, 0.4) is 0 Å². The molecule has 3 N–H and O–H groups in total. The second kappa shape index (κ2) is 6.62. The Balaban J connectivity index is 1.80. The first kappa shape index (κ1) is 15.2. The van der Waals surface area contributed by atoms with Crippen molar-refractivity contribution < 1.29 is 4.79 Å². The lowest BCUT2D eigenvalue weighted by Crippen LogP contribution is -2.26. The summed E-state index contributed by atoms with van der Waals surface area (Å²) in [4.78, 5) is 12.9. The van der Waals surface area contributed by atoms with Crippen LogP contribution < -0.4 is 11.1 Å². The van der Waals surface area contributed by atoms with Crippen LogP contribution in [0, 0.1) is 0 Å². The van der Waals surface area contributed by atoms with E-state index in [1.165, 1.54) is 0 Å². The lowest BCUT2D eigenvalue weighted by Gasteiger charge is -2.13. The fourth-order valence-corrected chi connectivity index (χ4v) is 3.08. The molecule has 0 spiro atoms. The van der Waals surface area contributed by atoms with Gasteiger partial charge in [-0.3, -0.25) is 4.79 Å². The maximum absolute atomic E-state index is 12.5. The maximum atomic E-state index is 12.5.